The standard InChI is InChI=1S/C21H21F3N6/c22-18(23)16-10-25-17-5-4-13(11-30(16)17)14-8-26-19-15(14)9-27-20(29-19)28-12-21(24)6-2-1-3-7-21/h4-5,8-11,18H,1-3,6-7,12H2,(H2,26,27,28,29). The zero-order chi connectivity index (χ0) is 20.7. The number of nitrogens with zero attached hydrogens (tertiary/aromatic N) is 4. The summed E-state index contributed by atoms with van der Waals surface area (Å²) in [6.45, 7) is 0.194. The van der Waals surface area contributed by atoms with Gasteiger partial charge in [-0.2, -0.15) is 4.98 Å². The second-order valence-corrected chi connectivity index (χ2v) is 7.85. The van der Waals surface area contributed by atoms with Crippen LogP contribution in [0.4, 0.5) is 19.1 Å². The molecule has 30 heavy (non-hydrogen) atoms. The van der Waals surface area contributed by atoms with Gasteiger partial charge in [-0.3, -0.25) is 4.40 Å². The van der Waals surface area contributed by atoms with Crippen LogP contribution in [0, 0.1) is 0 Å². The molecule has 1 aliphatic rings. The largest absolute Gasteiger partial charge is 0.351 e. The molecular weight excluding hydrogens is 393 g/mol. The van der Waals surface area contributed by atoms with Gasteiger partial charge in [0, 0.05) is 35.1 Å². The van der Waals surface area contributed by atoms with Gasteiger partial charge in [0.15, 0.2) is 0 Å². The maximum atomic E-state index is 14.8. The van der Waals surface area contributed by atoms with Crippen LogP contribution >= 0.6 is 0 Å². The molecule has 1 saturated carbocycles. The molecule has 1 aliphatic carbocycles. The van der Waals surface area contributed by atoms with E-state index in [4.69, 9.17) is 0 Å². The fourth-order valence-corrected chi connectivity index (χ4v) is 4.15. The van der Waals surface area contributed by atoms with Gasteiger partial charge in [-0.15, -0.1) is 0 Å². The Labute approximate surface area is 170 Å². The molecule has 0 spiro atoms. The normalized spacial score (nSPS) is 16.5. The Balaban J connectivity index is 1.42. The lowest BCUT2D eigenvalue weighted by molar-refractivity contribution is 0.122. The summed E-state index contributed by atoms with van der Waals surface area (Å²) in [4.78, 5) is 15.9. The number of rotatable bonds is 5. The fourth-order valence-electron chi connectivity index (χ4n) is 4.15. The number of aromatic nitrogens is 5. The summed E-state index contributed by atoms with van der Waals surface area (Å²) in [5.41, 5.74) is 1.22. The summed E-state index contributed by atoms with van der Waals surface area (Å²) in [6.07, 6.45) is 7.66. The van der Waals surface area contributed by atoms with E-state index in [2.05, 4.69) is 25.3 Å². The molecule has 4 heterocycles. The van der Waals surface area contributed by atoms with Gasteiger partial charge < -0.3 is 10.3 Å². The van der Waals surface area contributed by atoms with E-state index < -0.39 is 12.1 Å². The Hall–Kier alpha value is -3.10. The smallest absolute Gasteiger partial charge is 0.280 e. The van der Waals surface area contributed by atoms with Gasteiger partial charge in [-0.1, -0.05) is 19.3 Å². The first-order valence-corrected chi connectivity index (χ1v) is 10.0. The van der Waals surface area contributed by atoms with Crippen molar-refractivity contribution >= 4 is 22.6 Å². The quantitative estimate of drug-likeness (QED) is 0.465. The van der Waals surface area contributed by atoms with Gasteiger partial charge in [0.25, 0.3) is 6.43 Å². The number of imidazole rings is 1. The van der Waals surface area contributed by atoms with Crippen molar-refractivity contribution in [3.05, 3.63) is 42.6 Å². The van der Waals surface area contributed by atoms with Crippen molar-refractivity contribution in [1.82, 2.24) is 24.3 Å². The molecule has 0 radical (unpaired) electrons. The highest BCUT2D eigenvalue weighted by atomic mass is 19.3. The molecule has 4 aromatic heterocycles. The van der Waals surface area contributed by atoms with Crippen molar-refractivity contribution in [3.8, 4) is 11.1 Å². The van der Waals surface area contributed by atoms with Crippen molar-refractivity contribution in [2.24, 2.45) is 0 Å². The van der Waals surface area contributed by atoms with Gasteiger partial charge in [-0.25, -0.2) is 23.1 Å². The van der Waals surface area contributed by atoms with E-state index in [-0.39, 0.29) is 12.2 Å². The average molecular weight is 414 g/mol. The molecule has 5 rings (SSSR count). The van der Waals surface area contributed by atoms with Crippen molar-refractivity contribution in [2.45, 2.75) is 44.2 Å². The summed E-state index contributed by atoms with van der Waals surface area (Å²) in [6, 6.07) is 3.52. The first-order chi connectivity index (χ1) is 14.5. The summed E-state index contributed by atoms with van der Waals surface area (Å²) < 4.78 is 42.6. The van der Waals surface area contributed by atoms with E-state index in [1.807, 2.05) is 6.07 Å². The SMILES string of the molecule is FC(F)c1cnc2ccc(-c3c[nH]c4nc(NCC5(F)CCCCC5)ncc34)cn12. The summed E-state index contributed by atoms with van der Waals surface area (Å²) in [7, 11) is 0. The molecule has 0 amide bonds. The first-order valence-electron chi connectivity index (χ1n) is 10.0. The molecule has 156 valence electrons. The number of H-pyrrole nitrogens is 1. The van der Waals surface area contributed by atoms with Gasteiger partial charge >= 0.3 is 0 Å². The Bertz CT molecular complexity index is 1190. The molecule has 0 aromatic carbocycles. The van der Waals surface area contributed by atoms with E-state index in [9.17, 15) is 13.2 Å². The number of aromatic amines is 1. The molecule has 4 aromatic rings. The average Bonchev–Trinajstić information content (AvgIpc) is 3.36. The molecule has 2 N–H and O–H groups in total. The Morgan fingerprint density at radius 2 is 1.97 bits per heavy atom. The lowest BCUT2D eigenvalue weighted by Gasteiger charge is -2.29. The van der Waals surface area contributed by atoms with Crippen molar-refractivity contribution in [3.63, 3.8) is 0 Å². The lowest BCUT2D eigenvalue weighted by atomic mass is 9.86. The monoisotopic (exact) mass is 414 g/mol. The third kappa shape index (κ3) is 3.38. The van der Waals surface area contributed by atoms with Crippen LogP contribution < -0.4 is 5.32 Å². The molecule has 0 bridgehead atoms. The molecule has 0 atom stereocenters. The molecule has 0 saturated heterocycles. The third-order valence-corrected chi connectivity index (χ3v) is 5.81. The van der Waals surface area contributed by atoms with E-state index in [0.717, 1.165) is 35.8 Å². The van der Waals surface area contributed by atoms with Crippen LogP contribution in [0.2, 0.25) is 0 Å². The van der Waals surface area contributed by atoms with Crippen LogP contribution in [-0.2, 0) is 0 Å². The minimum Gasteiger partial charge on any atom is -0.351 e. The zero-order valence-electron chi connectivity index (χ0n) is 16.2. The highest BCUT2D eigenvalue weighted by Crippen LogP contribution is 2.32. The minimum absolute atomic E-state index is 0.155. The predicted octanol–water partition coefficient (Wildman–Crippen LogP) is 5.29. The number of hydrogen-bond donors (Lipinski definition) is 2. The van der Waals surface area contributed by atoms with E-state index in [1.165, 1.54) is 10.6 Å². The number of alkyl halides is 3. The highest BCUT2D eigenvalue weighted by Gasteiger charge is 2.31. The van der Waals surface area contributed by atoms with E-state index >= 15 is 0 Å². The van der Waals surface area contributed by atoms with Crippen LogP contribution in [0.5, 0.6) is 0 Å². The van der Waals surface area contributed by atoms with Gasteiger partial charge in [0.1, 0.15) is 22.7 Å². The maximum Gasteiger partial charge on any atom is 0.280 e. The predicted molar refractivity (Wildman–Crippen MR) is 108 cm³/mol. The van der Waals surface area contributed by atoms with Crippen LogP contribution in [0.25, 0.3) is 27.8 Å². The fraction of sp³-hybridized carbons (Fsp3) is 0.381. The van der Waals surface area contributed by atoms with Crippen LogP contribution in [0.15, 0.2) is 36.9 Å². The zero-order valence-corrected chi connectivity index (χ0v) is 16.2. The van der Waals surface area contributed by atoms with Crippen molar-refractivity contribution in [1.29, 1.82) is 0 Å². The second kappa shape index (κ2) is 7.30. The van der Waals surface area contributed by atoms with Crippen LogP contribution in [0.3, 0.4) is 0 Å². The Morgan fingerprint density at radius 1 is 1.13 bits per heavy atom. The molecule has 6 nitrogen and oxygen atoms in total. The third-order valence-electron chi connectivity index (χ3n) is 5.81. The van der Waals surface area contributed by atoms with Gasteiger partial charge in [0.2, 0.25) is 5.95 Å². The van der Waals surface area contributed by atoms with Gasteiger partial charge in [0.05, 0.1) is 12.7 Å². The Kier molecular flexibility index (Phi) is 4.60. The van der Waals surface area contributed by atoms with Crippen molar-refractivity contribution in [2.75, 3.05) is 11.9 Å². The van der Waals surface area contributed by atoms with E-state index in [0.29, 0.717) is 30.1 Å². The molecule has 0 aliphatic heterocycles. The lowest BCUT2D eigenvalue weighted by Crippen LogP contribution is -2.34. The molecule has 0 unspecified atom stereocenters. The number of anilines is 1. The highest BCUT2D eigenvalue weighted by molar-refractivity contribution is 5.93. The minimum atomic E-state index is -2.61. The number of pyridine rings is 1. The van der Waals surface area contributed by atoms with Crippen LogP contribution in [0.1, 0.15) is 44.2 Å². The second-order valence-electron chi connectivity index (χ2n) is 7.85. The van der Waals surface area contributed by atoms with Crippen LogP contribution in [-0.4, -0.2) is 36.6 Å². The Morgan fingerprint density at radius 3 is 2.77 bits per heavy atom. The number of halogens is 3. The van der Waals surface area contributed by atoms with Gasteiger partial charge in [-0.05, 0) is 25.0 Å². The van der Waals surface area contributed by atoms with E-state index in [1.54, 1.807) is 24.7 Å². The number of hydrogen-bond acceptors (Lipinski definition) is 4. The number of fused-ring (bicyclic) bond motifs is 2. The molecule has 1 fully saturated rings. The first kappa shape index (κ1) is 18.9. The van der Waals surface area contributed by atoms with Crippen molar-refractivity contribution < 1.29 is 13.2 Å². The summed E-state index contributed by atoms with van der Waals surface area (Å²) >= 11 is 0. The number of nitrogens with one attached hydrogen (secondary N) is 2. The summed E-state index contributed by atoms with van der Waals surface area (Å²) in [5, 5.41) is 3.78. The molecular formula is C21H21F3N6. The molecule has 9 heteroatoms. The topological polar surface area (TPSA) is 70.9 Å². The summed E-state index contributed by atoms with van der Waals surface area (Å²) in [5.74, 6) is 0.364. The maximum absolute atomic E-state index is 14.8.